The van der Waals surface area contributed by atoms with E-state index in [4.69, 9.17) is 20.1 Å². The summed E-state index contributed by atoms with van der Waals surface area (Å²) in [5.41, 5.74) is 5.18. The lowest BCUT2D eigenvalue weighted by Crippen LogP contribution is -2.40. The highest BCUT2D eigenvalue weighted by Gasteiger charge is 2.42. The Bertz CT molecular complexity index is 125. The van der Waals surface area contributed by atoms with Crippen molar-refractivity contribution in [3.05, 3.63) is 0 Å². The number of rotatable bonds is 1. The van der Waals surface area contributed by atoms with Crippen molar-refractivity contribution in [2.75, 3.05) is 0 Å². The smallest absolute Gasteiger partial charge is 0.390 e. The molecular weight excluding hydrogens is 150 g/mol. The zero-order valence-corrected chi connectivity index (χ0v) is 6.70. The fourth-order valence-corrected chi connectivity index (χ4v) is 2.54. The zero-order chi connectivity index (χ0) is 7.78. The van der Waals surface area contributed by atoms with Crippen LogP contribution in [-0.4, -0.2) is 29.2 Å². The molecule has 0 saturated heterocycles. The van der Waals surface area contributed by atoms with E-state index in [9.17, 15) is 0 Å². The van der Waals surface area contributed by atoms with E-state index in [1.54, 1.807) is 0 Å². The zero-order valence-electron chi connectivity index (χ0n) is 5.70. The Hall–Kier alpha value is 0.0569. The van der Waals surface area contributed by atoms with E-state index in [2.05, 4.69) is 0 Å². The minimum absolute atomic E-state index is 0.0447. The van der Waals surface area contributed by atoms with Gasteiger partial charge < -0.3 is 20.1 Å². The summed E-state index contributed by atoms with van der Waals surface area (Å²) in [5.74, 6) is 0. The average molecular weight is 163 g/mol. The van der Waals surface area contributed by atoms with Crippen LogP contribution < -0.4 is 5.73 Å². The average Bonchev–Trinajstić information content (AvgIpc) is 2.11. The molecule has 0 aromatic rings. The molecule has 2 atom stereocenters. The first-order valence-corrected chi connectivity index (χ1v) is 5.34. The molecule has 60 valence electrons. The molecule has 5 heteroatoms. The Morgan fingerprint density at radius 3 is 2.00 bits per heavy atom. The second-order valence-electron chi connectivity index (χ2n) is 2.96. The van der Waals surface area contributed by atoms with Crippen LogP contribution in [0.15, 0.2) is 0 Å². The lowest BCUT2D eigenvalue weighted by atomic mass is 10.3. The molecule has 10 heavy (non-hydrogen) atoms. The van der Waals surface area contributed by atoms with Crippen LogP contribution in [0, 0.1) is 0 Å². The molecule has 1 rings (SSSR count). The van der Waals surface area contributed by atoms with Crippen molar-refractivity contribution in [2.24, 2.45) is 5.73 Å². The van der Waals surface area contributed by atoms with Gasteiger partial charge in [0, 0.05) is 11.6 Å². The summed E-state index contributed by atoms with van der Waals surface area (Å²) in [7, 11) is -3.85. The quantitative estimate of drug-likeness (QED) is 0.365. The van der Waals surface area contributed by atoms with Gasteiger partial charge in [-0.25, -0.2) is 0 Å². The maximum atomic E-state index is 8.83. The summed E-state index contributed by atoms with van der Waals surface area (Å²) in [6.45, 7) is 0. The van der Waals surface area contributed by atoms with Gasteiger partial charge in [-0.3, -0.25) is 0 Å². The molecule has 4 nitrogen and oxygen atoms in total. The van der Waals surface area contributed by atoms with Gasteiger partial charge in [-0.1, -0.05) is 0 Å². The van der Waals surface area contributed by atoms with Crippen molar-refractivity contribution in [1.82, 2.24) is 0 Å². The maximum absolute atomic E-state index is 8.83. The van der Waals surface area contributed by atoms with Crippen LogP contribution in [0.25, 0.3) is 0 Å². The summed E-state index contributed by atoms with van der Waals surface area (Å²) in [5, 5.41) is 0. The van der Waals surface area contributed by atoms with E-state index in [0.717, 1.165) is 6.42 Å². The molecule has 1 saturated carbocycles. The highest BCUT2D eigenvalue weighted by molar-refractivity contribution is 6.58. The number of nitrogens with two attached hydrogens (primary N) is 1. The van der Waals surface area contributed by atoms with Crippen molar-refractivity contribution in [3.63, 3.8) is 0 Å². The normalized spacial score (nSPS) is 34.8. The Morgan fingerprint density at radius 2 is 1.80 bits per heavy atom. The molecular formula is C5H13NO3Si. The van der Waals surface area contributed by atoms with Gasteiger partial charge in [-0.2, -0.15) is 0 Å². The van der Waals surface area contributed by atoms with Crippen LogP contribution in [0.5, 0.6) is 0 Å². The van der Waals surface area contributed by atoms with Crippen LogP contribution in [0.4, 0.5) is 0 Å². The minimum atomic E-state index is -3.85. The van der Waals surface area contributed by atoms with Gasteiger partial charge in [0.1, 0.15) is 0 Å². The van der Waals surface area contributed by atoms with Gasteiger partial charge in [0.25, 0.3) is 0 Å². The number of hydrogen-bond donors (Lipinski definition) is 4. The molecule has 0 bridgehead atoms. The first kappa shape index (κ1) is 8.16. The van der Waals surface area contributed by atoms with Gasteiger partial charge in [0.05, 0.1) is 0 Å². The Labute approximate surface area is 60.7 Å². The first-order valence-electron chi connectivity index (χ1n) is 3.43. The van der Waals surface area contributed by atoms with Crippen LogP contribution in [0.2, 0.25) is 5.54 Å². The topological polar surface area (TPSA) is 86.7 Å². The fourth-order valence-electron chi connectivity index (χ4n) is 1.37. The number of hydrogen-bond acceptors (Lipinski definition) is 4. The molecule has 2 unspecified atom stereocenters. The molecule has 0 heterocycles. The highest BCUT2D eigenvalue weighted by atomic mass is 28.4. The SMILES string of the molecule is NC1CCC([Si](O)(O)O)C1. The molecule has 0 amide bonds. The molecule has 0 aromatic carbocycles. The molecule has 5 N–H and O–H groups in total. The van der Waals surface area contributed by atoms with Gasteiger partial charge in [-0.15, -0.1) is 0 Å². The van der Waals surface area contributed by atoms with Crippen molar-refractivity contribution in [1.29, 1.82) is 0 Å². The van der Waals surface area contributed by atoms with Gasteiger partial charge in [0.2, 0.25) is 0 Å². The van der Waals surface area contributed by atoms with Gasteiger partial charge >= 0.3 is 8.80 Å². The third kappa shape index (κ3) is 1.77. The lowest BCUT2D eigenvalue weighted by Gasteiger charge is -2.16. The van der Waals surface area contributed by atoms with Crippen molar-refractivity contribution < 1.29 is 14.4 Å². The molecule has 1 aliphatic carbocycles. The molecule has 0 radical (unpaired) electrons. The second kappa shape index (κ2) is 2.59. The van der Waals surface area contributed by atoms with E-state index in [1.807, 2.05) is 0 Å². The predicted molar refractivity (Wildman–Crippen MR) is 38.0 cm³/mol. The standard InChI is InChI=1S/C5H13NO3Si/c6-4-1-2-5(3-4)10(7,8)9/h4-5,7-9H,1-3,6H2. The molecule has 0 spiro atoms. The van der Waals surface area contributed by atoms with Crippen molar-refractivity contribution in [2.45, 2.75) is 30.8 Å². The highest BCUT2D eigenvalue weighted by Crippen LogP contribution is 2.33. The van der Waals surface area contributed by atoms with E-state index >= 15 is 0 Å². The Balaban J connectivity index is 2.45. The van der Waals surface area contributed by atoms with E-state index in [0.29, 0.717) is 12.8 Å². The first-order chi connectivity index (χ1) is 4.50. The van der Waals surface area contributed by atoms with Crippen molar-refractivity contribution >= 4 is 8.80 Å². The van der Waals surface area contributed by atoms with E-state index in [-0.39, 0.29) is 11.6 Å². The summed E-state index contributed by atoms with van der Waals surface area (Å²) in [4.78, 5) is 26.5. The predicted octanol–water partition coefficient (Wildman–Crippen LogP) is -1.22. The van der Waals surface area contributed by atoms with Crippen LogP contribution >= 0.6 is 0 Å². The monoisotopic (exact) mass is 163 g/mol. The van der Waals surface area contributed by atoms with Crippen molar-refractivity contribution in [3.8, 4) is 0 Å². The summed E-state index contributed by atoms with van der Waals surface area (Å²) < 4.78 is 0. The summed E-state index contributed by atoms with van der Waals surface area (Å²) in [6, 6.07) is 0.0447. The lowest BCUT2D eigenvalue weighted by molar-refractivity contribution is 0.209. The molecule has 0 aromatic heterocycles. The summed E-state index contributed by atoms with van der Waals surface area (Å²) >= 11 is 0. The van der Waals surface area contributed by atoms with Gasteiger partial charge in [0.15, 0.2) is 0 Å². The van der Waals surface area contributed by atoms with Gasteiger partial charge in [-0.05, 0) is 19.3 Å². The van der Waals surface area contributed by atoms with Crippen LogP contribution in [0.1, 0.15) is 19.3 Å². The largest absolute Gasteiger partial charge is 0.496 e. The summed E-state index contributed by atoms with van der Waals surface area (Å²) in [6.07, 6.45) is 1.99. The fraction of sp³-hybridized carbons (Fsp3) is 1.00. The van der Waals surface area contributed by atoms with Crippen LogP contribution in [0.3, 0.4) is 0 Å². The maximum Gasteiger partial charge on any atom is 0.496 e. The Kier molecular flexibility index (Phi) is 2.12. The third-order valence-electron chi connectivity index (χ3n) is 2.02. The molecule has 1 fully saturated rings. The second-order valence-corrected chi connectivity index (χ2v) is 5.15. The minimum Gasteiger partial charge on any atom is -0.390 e. The third-order valence-corrected chi connectivity index (χ3v) is 3.64. The van der Waals surface area contributed by atoms with E-state index < -0.39 is 8.80 Å². The Morgan fingerprint density at radius 1 is 1.20 bits per heavy atom. The van der Waals surface area contributed by atoms with Crippen LogP contribution in [-0.2, 0) is 0 Å². The molecule has 0 aliphatic heterocycles. The van der Waals surface area contributed by atoms with E-state index in [1.165, 1.54) is 0 Å². The molecule has 1 aliphatic rings.